The Kier molecular flexibility index (Phi) is 4.81. The van der Waals surface area contributed by atoms with Crippen molar-refractivity contribution in [3.05, 3.63) is 42.0 Å². The van der Waals surface area contributed by atoms with Crippen LogP contribution in [-0.2, 0) is 0 Å². The van der Waals surface area contributed by atoms with Gasteiger partial charge >= 0.3 is 0 Å². The predicted octanol–water partition coefficient (Wildman–Crippen LogP) is 2.51. The molecule has 0 aliphatic carbocycles. The molecule has 0 aromatic carbocycles. The normalized spacial score (nSPS) is 11.1. The third-order valence-corrected chi connectivity index (χ3v) is 2.80. The van der Waals surface area contributed by atoms with Crippen LogP contribution in [0.25, 0.3) is 0 Å². The minimum absolute atomic E-state index is 0.259. The van der Waals surface area contributed by atoms with Crippen molar-refractivity contribution in [2.24, 2.45) is 5.10 Å². The predicted molar refractivity (Wildman–Crippen MR) is 85.9 cm³/mol. The Balaban J connectivity index is 2.17. The van der Waals surface area contributed by atoms with Gasteiger partial charge in [0, 0.05) is 38.5 Å². The van der Waals surface area contributed by atoms with Crippen LogP contribution in [0.2, 0.25) is 0 Å². The molecule has 2 aromatic heterocycles. The monoisotopic (exact) mass is 284 g/mol. The molecule has 6 nitrogen and oxygen atoms in total. The maximum atomic E-state index is 4.51. The first-order valence-corrected chi connectivity index (χ1v) is 6.81. The van der Waals surface area contributed by atoms with Gasteiger partial charge in [-0.1, -0.05) is 13.8 Å². The summed E-state index contributed by atoms with van der Waals surface area (Å²) >= 11 is 0. The van der Waals surface area contributed by atoms with Gasteiger partial charge in [0.1, 0.15) is 11.6 Å². The first-order chi connectivity index (χ1) is 10.1. The van der Waals surface area contributed by atoms with E-state index in [1.54, 1.807) is 18.6 Å². The van der Waals surface area contributed by atoms with E-state index in [0.29, 0.717) is 5.82 Å². The lowest BCUT2D eigenvalue weighted by Crippen LogP contribution is -2.13. The number of nitrogens with zero attached hydrogens (tertiary/aromatic N) is 5. The van der Waals surface area contributed by atoms with Gasteiger partial charge in [0.2, 0.25) is 0 Å². The Morgan fingerprint density at radius 2 is 1.90 bits per heavy atom. The number of hydrazone groups is 1. The zero-order valence-corrected chi connectivity index (χ0v) is 12.8. The third kappa shape index (κ3) is 4.24. The molecular weight excluding hydrogens is 264 g/mol. The van der Waals surface area contributed by atoms with Crippen molar-refractivity contribution in [3.63, 3.8) is 0 Å². The van der Waals surface area contributed by atoms with Gasteiger partial charge in [0.25, 0.3) is 0 Å². The highest BCUT2D eigenvalue weighted by atomic mass is 15.3. The van der Waals surface area contributed by atoms with Crippen LogP contribution in [0.4, 0.5) is 11.6 Å². The average molecular weight is 284 g/mol. The molecule has 21 heavy (non-hydrogen) atoms. The Bertz CT molecular complexity index is 581. The van der Waals surface area contributed by atoms with Crippen LogP contribution in [0.5, 0.6) is 0 Å². The number of nitrogens with one attached hydrogen (secondary N) is 1. The van der Waals surface area contributed by atoms with Gasteiger partial charge in [-0.05, 0) is 17.7 Å². The van der Waals surface area contributed by atoms with E-state index in [-0.39, 0.29) is 5.92 Å². The van der Waals surface area contributed by atoms with Gasteiger partial charge in [-0.3, -0.25) is 10.4 Å². The summed E-state index contributed by atoms with van der Waals surface area (Å²) in [6.45, 7) is 4.14. The van der Waals surface area contributed by atoms with E-state index in [1.165, 1.54) is 0 Å². The van der Waals surface area contributed by atoms with Crippen LogP contribution in [0.15, 0.2) is 35.7 Å². The number of aromatic nitrogens is 3. The molecule has 0 amide bonds. The summed E-state index contributed by atoms with van der Waals surface area (Å²) in [7, 11) is 3.91. The molecule has 0 saturated heterocycles. The van der Waals surface area contributed by atoms with Crippen LogP contribution in [0.1, 0.15) is 31.2 Å². The molecule has 2 rings (SSSR count). The Labute approximate surface area is 125 Å². The fraction of sp³-hybridized carbons (Fsp3) is 0.333. The van der Waals surface area contributed by atoms with Gasteiger partial charge in [0.05, 0.1) is 6.21 Å². The summed E-state index contributed by atoms with van der Waals surface area (Å²) in [5.74, 6) is 2.59. The summed E-state index contributed by atoms with van der Waals surface area (Å²) in [5.41, 5.74) is 3.93. The van der Waals surface area contributed by atoms with E-state index in [9.17, 15) is 0 Å². The summed E-state index contributed by atoms with van der Waals surface area (Å²) in [6, 6.07) is 5.64. The van der Waals surface area contributed by atoms with Crippen molar-refractivity contribution in [1.29, 1.82) is 0 Å². The summed E-state index contributed by atoms with van der Waals surface area (Å²) < 4.78 is 0. The number of hydrogen-bond donors (Lipinski definition) is 1. The van der Waals surface area contributed by atoms with Gasteiger partial charge < -0.3 is 4.90 Å². The highest BCUT2D eigenvalue weighted by Gasteiger charge is 2.08. The van der Waals surface area contributed by atoms with E-state index in [2.05, 4.69) is 39.3 Å². The Morgan fingerprint density at radius 1 is 1.19 bits per heavy atom. The van der Waals surface area contributed by atoms with E-state index in [1.807, 2.05) is 37.2 Å². The fourth-order valence-corrected chi connectivity index (χ4v) is 1.62. The number of anilines is 2. The lowest BCUT2D eigenvalue weighted by atomic mass is 10.2. The minimum Gasteiger partial charge on any atom is -0.363 e. The third-order valence-electron chi connectivity index (χ3n) is 2.80. The zero-order chi connectivity index (χ0) is 15.2. The summed E-state index contributed by atoms with van der Waals surface area (Å²) in [4.78, 5) is 14.9. The molecule has 0 saturated carbocycles. The topological polar surface area (TPSA) is 66.3 Å². The van der Waals surface area contributed by atoms with Gasteiger partial charge in [-0.2, -0.15) is 5.10 Å². The molecule has 0 aliphatic rings. The molecule has 110 valence electrons. The summed E-state index contributed by atoms with van der Waals surface area (Å²) in [5, 5.41) is 4.20. The molecule has 2 aromatic rings. The first-order valence-electron chi connectivity index (χ1n) is 6.81. The van der Waals surface area contributed by atoms with Crippen LogP contribution in [0, 0.1) is 0 Å². The van der Waals surface area contributed by atoms with Crippen molar-refractivity contribution < 1.29 is 0 Å². The largest absolute Gasteiger partial charge is 0.363 e. The number of hydrogen-bond acceptors (Lipinski definition) is 6. The van der Waals surface area contributed by atoms with Crippen LogP contribution in [0.3, 0.4) is 0 Å². The highest BCUT2D eigenvalue weighted by Crippen LogP contribution is 2.18. The van der Waals surface area contributed by atoms with Crippen LogP contribution in [-0.4, -0.2) is 35.3 Å². The Hall–Kier alpha value is -2.50. The van der Waals surface area contributed by atoms with Crippen molar-refractivity contribution in [1.82, 2.24) is 15.0 Å². The van der Waals surface area contributed by atoms with Crippen molar-refractivity contribution >= 4 is 17.9 Å². The minimum atomic E-state index is 0.259. The number of pyridine rings is 1. The van der Waals surface area contributed by atoms with Gasteiger partial charge in [-0.25, -0.2) is 9.97 Å². The maximum absolute atomic E-state index is 4.51. The molecule has 0 bridgehead atoms. The van der Waals surface area contributed by atoms with Crippen molar-refractivity contribution in [2.45, 2.75) is 19.8 Å². The van der Waals surface area contributed by atoms with E-state index in [0.717, 1.165) is 17.2 Å². The first kappa shape index (κ1) is 14.9. The zero-order valence-electron chi connectivity index (χ0n) is 12.8. The van der Waals surface area contributed by atoms with Crippen LogP contribution >= 0.6 is 0 Å². The molecule has 0 atom stereocenters. The lowest BCUT2D eigenvalue weighted by Gasteiger charge is -2.15. The van der Waals surface area contributed by atoms with E-state index < -0.39 is 0 Å². The van der Waals surface area contributed by atoms with E-state index in [4.69, 9.17) is 0 Å². The molecule has 0 aliphatic heterocycles. The second-order valence-corrected chi connectivity index (χ2v) is 5.17. The molecule has 1 N–H and O–H groups in total. The molecular formula is C15H20N6. The standard InChI is InChI=1S/C15H20N6/c1-11(2)15-18-13(9-14(19-15)21(3)4)20-17-10-12-5-7-16-8-6-12/h5-11H,1-4H3,(H,18,19,20)/b17-10+. The number of rotatable bonds is 5. The maximum Gasteiger partial charge on any atom is 0.152 e. The van der Waals surface area contributed by atoms with Gasteiger partial charge in [-0.15, -0.1) is 0 Å². The highest BCUT2D eigenvalue weighted by molar-refractivity contribution is 5.79. The second-order valence-electron chi connectivity index (χ2n) is 5.17. The molecule has 6 heteroatoms. The summed E-state index contributed by atoms with van der Waals surface area (Å²) in [6.07, 6.45) is 5.19. The molecule has 0 spiro atoms. The Morgan fingerprint density at radius 3 is 2.52 bits per heavy atom. The smallest absolute Gasteiger partial charge is 0.152 e. The van der Waals surface area contributed by atoms with E-state index >= 15 is 0 Å². The van der Waals surface area contributed by atoms with Crippen molar-refractivity contribution in [3.8, 4) is 0 Å². The molecule has 2 heterocycles. The van der Waals surface area contributed by atoms with Crippen molar-refractivity contribution in [2.75, 3.05) is 24.4 Å². The molecule has 0 unspecified atom stereocenters. The second kappa shape index (κ2) is 6.78. The molecule has 0 radical (unpaired) electrons. The average Bonchev–Trinajstić information content (AvgIpc) is 2.48. The SMILES string of the molecule is CC(C)c1nc(N/N=C/c2ccncc2)cc(N(C)C)n1. The molecule has 0 fully saturated rings. The fourth-order valence-electron chi connectivity index (χ4n) is 1.62. The quantitative estimate of drug-likeness (QED) is 0.675. The van der Waals surface area contributed by atoms with Crippen LogP contribution < -0.4 is 10.3 Å². The van der Waals surface area contributed by atoms with Gasteiger partial charge in [0.15, 0.2) is 5.82 Å². The lowest BCUT2D eigenvalue weighted by molar-refractivity contribution is 0.771.